The maximum absolute atomic E-state index is 12.2. The van der Waals surface area contributed by atoms with E-state index in [1.807, 2.05) is 6.07 Å². The number of nitrogens with one attached hydrogen (secondary N) is 2. The van der Waals surface area contributed by atoms with E-state index in [4.69, 9.17) is 0 Å². The quantitative estimate of drug-likeness (QED) is 0.887. The maximum Gasteiger partial charge on any atom is 0.391 e. The van der Waals surface area contributed by atoms with Crippen LogP contribution in [0.2, 0.25) is 0 Å². The molecule has 1 aromatic rings. The van der Waals surface area contributed by atoms with E-state index < -0.39 is 24.5 Å². The molecule has 1 aliphatic heterocycles. The molecule has 2 N–H and O–H groups in total. The molecule has 104 valence electrons. The zero-order chi connectivity index (χ0) is 14.0. The van der Waals surface area contributed by atoms with Crippen molar-refractivity contribution in [2.75, 3.05) is 0 Å². The zero-order valence-electron chi connectivity index (χ0n) is 10.5. The van der Waals surface area contributed by atoms with Gasteiger partial charge in [-0.2, -0.15) is 13.2 Å². The molecule has 1 unspecified atom stereocenters. The van der Waals surface area contributed by atoms with Crippen LogP contribution in [0, 0.1) is 0 Å². The highest BCUT2D eigenvalue weighted by molar-refractivity contribution is 5.94. The third-order valence-corrected chi connectivity index (χ3v) is 3.01. The summed E-state index contributed by atoms with van der Waals surface area (Å²) >= 11 is 0. The highest BCUT2D eigenvalue weighted by Crippen LogP contribution is 2.22. The molecule has 0 bridgehead atoms. The summed E-state index contributed by atoms with van der Waals surface area (Å²) in [6.45, 7) is 2.80. The molecule has 0 fully saturated rings. The van der Waals surface area contributed by atoms with Crippen LogP contribution in [0.4, 0.5) is 13.2 Å². The second-order valence-corrected chi connectivity index (χ2v) is 4.78. The summed E-state index contributed by atoms with van der Waals surface area (Å²) in [6.07, 6.45) is -5.29. The normalized spacial score (nSPS) is 16.0. The summed E-state index contributed by atoms with van der Waals surface area (Å²) in [5, 5.41) is 5.51. The van der Waals surface area contributed by atoms with Crippen molar-refractivity contribution < 1.29 is 18.0 Å². The number of rotatable bonds is 3. The summed E-state index contributed by atoms with van der Waals surface area (Å²) < 4.78 is 36.5. The van der Waals surface area contributed by atoms with Crippen molar-refractivity contribution >= 4 is 5.91 Å². The molecule has 3 nitrogen and oxygen atoms in total. The lowest BCUT2D eigenvalue weighted by Gasteiger charge is -2.16. The van der Waals surface area contributed by atoms with Crippen LogP contribution in [0.5, 0.6) is 0 Å². The number of hydrogen-bond acceptors (Lipinski definition) is 2. The Morgan fingerprint density at radius 1 is 1.37 bits per heavy atom. The first-order valence-electron chi connectivity index (χ1n) is 6.05. The van der Waals surface area contributed by atoms with E-state index in [1.54, 1.807) is 12.1 Å². The molecular weight excluding hydrogens is 257 g/mol. The Morgan fingerprint density at radius 3 is 2.74 bits per heavy atom. The highest BCUT2D eigenvalue weighted by Gasteiger charge is 2.30. The van der Waals surface area contributed by atoms with Crippen LogP contribution in [0.3, 0.4) is 0 Å². The van der Waals surface area contributed by atoms with Crippen LogP contribution >= 0.6 is 0 Å². The van der Waals surface area contributed by atoms with Gasteiger partial charge in [0.1, 0.15) is 0 Å². The molecule has 0 radical (unpaired) electrons. The monoisotopic (exact) mass is 272 g/mol. The van der Waals surface area contributed by atoms with Crippen molar-refractivity contribution in [1.82, 2.24) is 10.6 Å². The minimum absolute atomic E-state index is 0.400. The Bertz CT molecular complexity index is 485. The molecule has 0 spiro atoms. The summed E-state index contributed by atoms with van der Waals surface area (Å²) in [5.41, 5.74) is 2.55. The lowest BCUT2D eigenvalue weighted by molar-refractivity contribution is -0.138. The van der Waals surface area contributed by atoms with E-state index in [1.165, 1.54) is 6.92 Å². The van der Waals surface area contributed by atoms with E-state index in [0.29, 0.717) is 12.1 Å². The highest BCUT2D eigenvalue weighted by atomic mass is 19.4. The van der Waals surface area contributed by atoms with Gasteiger partial charge in [-0.05, 0) is 30.2 Å². The average molecular weight is 272 g/mol. The zero-order valence-corrected chi connectivity index (χ0v) is 10.5. The fraction of sp³-hybridized carbons (Fsp3) is 0.462. The lowest BCUT2D eigenvalue weighted by Crippen LogP contribution is -2.35. The van der Waals surface area contributed by atoms with E-state index in [9.17, 15) is 18.0 Å². The van der Waals surface area contributed by atoms with Crippen molar-refractivity contribution in [2.45, 2.75) is 38.7 Å². The smallest absolute Gasteiger partial charge is 0.349 e. The fourth-order valence-electron chi connectivity index (χ4n) is 2.14. The number of amides is 1. The molecule has 1 atom stereocenters. The molecule has 1 heterocycles. The van der Waals surface area contributed by atoms with Crippen LogP contribution in [-0.4, -0.2) is 18.1 Å². The first-order valence-corrected chi connectivity index (χ1v) is 6.05. The number of hydrogen-bond donors (Lipinski definition) is 2. The Kier molecular flexibility index (Phi) is 3.80. The molecule has 6 heteroatoms. The molecule has 0 aromatic heterocycles. The van der Waals surface area contributed by atoms with Crippen molar-refractivity contribution in [3.63, 3.8) is 0 Å². The molecule has 19 heavy (non-hydrogen) atoms. The predicted octanol–water partition coefficient (Wildman–Crippen LogP) is 2.36. The Balaban J connectivity index is 2.00. The van der Waals surface area contributed by atoms with Gasteiger partial charge in [0.25, 0.3) is 5.91 Å². The van der Waals surface area contributed by atoms with Gasteiger partial charge in [0.2, 0.25) is 0 Å². The van der Waals surface area contributed by atoms with Crippen molar-refractivity contribution in [3.05, 3.63) is 34.9 Å². The molecular formula is C13H15F3N2O. The SMILES string of the molecule is CC(CC(F)(F)F)NC(=O)c1ccc2c(c1)CNC2. The van der Waals surface area contributed by atoms with Crippen molar-refractivity contribution in [1.29, 1.82) is 0 Å². The first-order chi connectivity index (χ1) is 8.85. The molecule has 1 aromatic carbocycles. The van der Waals surface area contributed by atoms with Gasteiger partial charge >= 0.3 is 6.18 Å². The average Bonchev–Trinajstić information content (AvgIpc) is 2.72. The Hall–Kier alpha value is -1.56. The van der Waals surface area contributed by atoms with Gasteiger partial charge in [0, 0.05) is 24.7 Å². The summed E-state index contributed by atoms with van der Waals surface area (Å²) in [7, 11) is 0. The van der Waals surface area contributed by atoms with E-state index in [0.717, 1.165) is 17.7 Å². The van der Waals surface area contributed by atoms with Crippen LogP contribution in [0.1, 0.15) is 34.8 Å². The minimum atomic E-state index is -4.27. The van der Waals surface area contributed by atoms with Crippen LogP contribution in [0.25, 0.3) is 0 Å². The molecule has 1 aliphatic rings. The summed E-state index contributed by atoms with van der Waals surface area (Å²) in [6, 6.07) is 4.27. The molecule has 0 aliphatic carbocycles. The number of alkyl halides is 3. The first kappa shape index (κ1) is 13.9. The van der Waals surface area contributed by atoms with Gasteiger partial charge in [-0.1, -0.05) is 6.07 Å². The van der Waals surface area contributed by atoms with Gasteiger partial charge in [-0.15, -0.1) is 0 Å². The van der Waals surface area contributed by atoms with Gasteiger partial charge < -0.3 is 10.6 Å². The van der Waals surface area contributed by atoms with E-state index >= 15 is 0 Å². The third-order valence-electron chi connectivity index (χ3n) is 3.01. The second kappa shape index (κ2) is 5.21. The lowest BCUT2D eigenvalue weighted by atomic mass is 10.1. The van der Waals surface area contributed by atoms with Gasteiger partial charge in [-0.3, -0.25) is 4.79 Å². The molecule has 2 rings (SSSR count). The van der Waals surface area contributed by atoms with Gasteiger partial charge in [-0.25, -0.2) is 0 Å². The largest absolute Gasteiger partial charge is 0.391 e. The van der Waals surface area contributed by atoms with E-state index in [-0.39, 0.29) is 0 Å². The maximum atomic E-state index is 12.2. The summed E-state index contributed by atoms with van der Waals surface area (Å²) in [5.74, 6) is -0.466. The predicted molar refractivity (Wildman–Crippen MR) is 64.6 cm³/mol. The molecule has 1 amide bonds. The minimum Gasteiger partial charge on any atom is -0.349 e. The number of halogens is 3. The number of fused-ring (bicyclic) bond motifs is 1. The topological polar surface area (TPSA) is 41.1 Å². The van der Waals surface area contributed by atoms with Crippen LogP contribution in [0.15, 0.2) is 18.2 Å². The Morgan fingerprint density at radius 2 is 2.05 bits per heavy atom. The number of carbonyl (C=O) groups excluding carboxylic acids is 1. The summed E-state index contributed by atoms with van der Waals surface area (Å²) in [4.78, 5) is 11.8. The van der Waals surface area contributed by atoms with Crippen molar-refractivity contribution in [3.8, 4) is 0 Å². The molecule has 0 saturated carbocycles. The molecule has 0 saturated heterocycles. The standard InChI is InChI=1S/C13H15F3N2O/c1-8(5-13(14,15)16)18-12(19)9-2-3-10-6-17-7-11(10)4-9/h2-4,8,17H,5-7H2,1H3,(H,18,19). The van der Waals surface area contributed by atoms with Crippen LogP contribution < -0.4 is 10.6 Å². The van der Waals surface area contributed by atoms with Crippen LogP contribution in [-0.2, 0) is 13.1 Å². The number of carbonyl (C=O) groups is 1. The van der Waals surface area contributed by atoms with Gasteiger partial charge in [0.15, 0.2) is 0 Å². The number of benzene rings is 1. The van der Waals surface area contributed by atoms with Crippen molar-refractivity contribution in [2.24, 2.45) is 0 Å². The van der Waals surface area contributed by atoms with E-state index in [2.05, 4.69) is 10.6 Å². The van der Waals surface area contributed by atoms with Gasteiger partial charge in [0.05, 0.1) is 6.42 Å². The third kappa shape index (κ3) is 3.70. The second-order valence-electron chi connectivity index (χ2n) is 4.78. The fourth-order valence-corrected chi connectivity index (χ4v) is 2.14. The Labute approximate surface area is 109 Å².